The van der Waals surface area contributed by atoms with Crippen LogP contribution in [0.2, 0.25) is 0 Å². The van der Waals surface area contributed by atoms with E-state index in [1.54, 1.807) is 40.7 Å². The maximum absolute atomic E-state index is 13.2. The lowest BCUT2D eigenvalue weighted by molar-refractivity contribution is 0.103. The summed E-state index contributed by atoms with van der Waals surface area (Å²) >= 11 is 3.40. The van der Waals surface area contributed by atoms with E-state index < -0.39 is 10.0 Å². The van der Waals surface area contributed by atoms with Crippen LogP contribution in [-0.4, -0.2) is 31.6 Å². The smallest absolute Gasteiger partial charge is 0.243 e. The summed E-state index contributed by atoms with van der Waals surface area (Å²) in [6.45, 7) is 3.01. The Hall–Kier alpha value is -2.28. The van der Waals surface area contributed by atoms with E-state index in [0.717, 1.165) is 29.3 Å². The number of rotatable bonds is 11. The van der Waals surface area contributed by atoms with Crippen molar-refractivity contribution in [3.05, 3.63) is 100 Å². The van der Waals surface area contributed by atoms with Crippen LogP contribution in [0.1, 0.15) is 47.7 Å². The van der Waals surface area contributed by atoms with Crippen molar-refractivity contribution in [3.63, 3.8) is 0 Å². The molecule has 0 spiro atoms. The molecule has 3 rings (SSSR count). The number of sulfonamides is 1. The van der Waals surface area contributed by atoms with Gasteiger partial charge in [0, 0.05) is 28.7 Å². The van der Waals surface area contributed by atoms with E-state index >= 15 is 0 Å². The van der Waals surface area contributed by atoms with Crippen molar-refractivity contribution in [2.24, 2.45) is 0 Å². The number of hydrogen-bond acceptors (Lipinski definition) is 3. The summed E-state index contributed by atoms with van der Waals surface area (Å²) in [6, 6.07) is 23.4. The van der Waals surface area contributed by atoms with Crippen molar-refractivity contribution in [1.82, 2.24) is 4.31 Å². The highest BCUT2D eigenvalue weighted by Crippen LogP contribution is 2.19. The lowest BCUT2D eigenvalue weighted by Crippen LogP contribution is -2.34. The Kier molecular flexibility index (Phi) is 8.79. The van der Waals surface area contributed by atoms with Gasteiger partial charge in [-0.15, -0.1) is 0 Å². The molecule has 0 aliphatic heterocycles. The summed E-state index contributed by atoms with van der Waals surface area (Å²) in [5.74, 6) is -0.0364. The van der Waals surface area contributed by atoms with Crippen LogP contribution < -0.4 is 0 Å². The van der Waals surface area contributed by atoms with Crippen LogP contribution >= 0.6 is 15.9 Å². The summed E-state index contributed by atoms with van der Waals surface area (Å²) in [6.07, 6.45) is 3.45. The van der Waals surface area contributed by atoms with Crippen molar-refractivity contribution in [3.8, 4) is 0 Å². The van der Waals surface area contributed by atoms with Gasteiger partial charge in [-0.3, -0.25) is 4.79 Å². The Morgan fingerprint density at radius 3 is 2.22 bits per heavy atom. The van der Waals surface area contributed by atoms with Crippen LogP contribution in [0.5, 0.6) is 0 Å². The summed E-state index contributed by atoms with van der Waals surface area (Å²) in [7, 11) is -3.54. The number of benzene rings is 3. The van der Waals surface area contributed by atoms with E-state index in [2.05, 4.69) is 22.9 Å². The molecule has 0 N–H and O–H groups in total. The predicted octanol–water partition coefficient (Wildman–Crippen LogP) is 6.10. The average molecular weight is 514 g/mol. The first-order valence-electron chi connectivity index (χ1n) is 10.9. The predicted molar refractivity (Wildman–Crippen MR) is 132 cm³/mol. The molecule has 0 amide bonds. The Labute approximate surface area is 199 Å². The van der Waals surface area contributed by atoms with E-state index in [1.807, 2.05) is 42.5 Å². The molecule has 0 radical (unpaired) electrons. The van der Waals surface area contributed by atoms with Crippen LogP contribution in [0.15, 0.2) is 88.2 Å². The first-order chi connectivity index (χ1) is 15.4. The van der Waals surface area contributed by atoms with Crippen molar-refractivity contribution in [1.29, 1.82) is 0 Å². The summed E-state index contributed by atoms with van der Waals surface area (Å²) in [5, 5.41) is 0. The minimum absolute atomic E-state index is 0.0364. The highest BCUT2D eigenvalue weighted by Gasteiger charge is 2.23. The lowest BCUT2D eigenvalue weighted by Gasteiger charge is -2.22. The second-order valence-electron chi connectivity index (χ2n) is 7.71. The molecule has 0 heterocycles. The number of nitrogens with zero attached hydrogens (tertiary/aromatic N) is 1. The van der Waals surface area contributed by atoms with Crippen LogP contribution in [0.3, 0.4) is 0 Å². The molecule has 32 heavy (non-hydrogen) atoms. The van der Waals surface area contributed by atoms with Gasteiger partial charge in [0.1, 0.15) is 0 Å². The van der Waals surface area contributed by atoms with Crippen molar-refractivity contribution >= 4 is 31.7 Å². The van der Waals surface area contributed by atoms with E-state index in [0.29, 0.717) is 35.5 Å². The number of carbonyl (C=O) groups excluding carboxylic acids is 1. The molecule has 0 aliphatic carbocycles. The lowest BCUT2D eigenvalue weighted by atomic mass is 10.0. The first-order valence-corrected chi connectivity index (χ1v) is 13.1. The van der Waals surface area contributed by atoms with Crippen molar-refractivity contribution in [2.75, 3.05) is 13.1 Å². The molecule has 6 heteroatoms. The van der Waals surface area contributed by atoms with Gasteiger partial charge in [-0.1, -0.05) is 90.3 Å². The van der Waals surface area contributed by atoms with Crippen LogP contribution in [0.4, 0.5) is 0 Å². The standard InChI is InChI=1S/C26H28BrNO3S/c1-2-3-7-18-28(32(30,31)25-11-5-4-6-12-25)19-17-21-13-15-22(16-14-21)26(29)23-9-8-10-24(27)20-23/h4-6,8-16,20H,2-3,7,17-19H2,1H3. The first kappa shape index (κ1) is 24.4. The van der Waals surface area contributed by atoms with Gasteiger partial charge in [0.05, 0.1) is 4.90 Å². The Balaban J connectivity index is 1.71. The topological polar surface area (TPSA) is 54.5 Å². The molecule has 4 nitrogen and oxygen atoms in total. The Morgan fingerprint density at radius 2 is 1.56 bits per heavy atom. The maximum atomic E-state index is 13.2. The molecule has 168 valence electrons. The van der Waals surface area contributed by atoms with Gasteiger partial charge in [0.25, 0.3) is 0 Å². The van der Waals surface area contributed by atoms with Gasteiger partial charge in [0.15, 0.2) is 5.78 Å². The fraction of sp³-hybridized carbons (Fsp3) is 0.269. The monoisotopic (exact) mass is 513 g/mol. The molecule has 0 saturated carbocycles. The fourth-order valence-electron chi connectivity index (χ4n) is 3.50. The third-order valence-corrected chi connectivity index (χ3v) is 7.75. The SMILES string of the molecule is CCCCCN(CCc1ccc(C(=O)c2cccc(Br)c2)cc1)S(=O)(=O)c1ccccc1. The van der Waals surface area contributed by atoms with Gasteiger partial charge in [-0.05, 0) is 42.7 Å². The number of ketones is 1. The van der Waals surface area contributed by atoms with Crippen molar-refractivity contribution < 1.29 is 13.2 Å². The zero-order valence-electron chi connectivity index (χ0n) is 18.2. The van der Waals surface area contributed by atoms with E-state index in [-0.39, 0.29) is 5.78 Å². The minimum Gasteiger partial charge on any atom is -0.289 e. The maximum Gasteiger partial charge on any atom is 0.243 e. The minimum atomic E-state index is -3.54. The second kappa shape index (κ2) is 11.5. The zero-order chi connectivity index (χ0) is 23.0. The molecule has 0 saturated heterocycles. The van der Waals surface area contributed by atoms with Gasteiger partial charge in [-0.25, -0.2) is 8.42 Å². The zero-order valence-corrected chi connectivity index (χ0v) is 20.6. The quantitative estimate of drug-likeness (QED) is 0.229. The van der Waals surface area contributed by atoms with Gasteiger partial charge in [0.2, 0.25) is 10.0 Å². The molecule has 0 bridgehead atoms. The number of hydrogen-bond donors (Lipinski definition) is 0. The van der Waals surface area contributed by atoms with Crippen LogP contribution in [0, 0.1) is 0 Å². The Morgan fingerprint density at radius 1 is 0.844 bits per heavy atom. The summed E-state index contributed by atoms with van der Waals surface area (Å²) in [4.78, 5) is 13.0. The molecular formula is C26H28BrNO3S. The average Bonchev–Trinajstić information content (AvgIpc) is 2.81. The summed E-state index contributed by atoms with van der Waals surface area (Å²) in [5.41, 5.74) is 2.24. The normalized spacial score (nSPS) is 11.6. The van der Waals surface area contributed by atoms with Gasteiger partial charge < -0.3 is 0 Å². The molecule has 0 atom stereocenters. The van der Waals surface area contributed by atoms with E-state index in [1.165, 1.54) is 0 Å². The second-order valence-corrected chi connectivity index (χ2v) is 10.6. The van der Waals surface area contributed by atoms with E-state index in [9.17, 15) is 13.2 Å². The highest BCUT2D eigenvalue weighted by atomic mass is 79.9. The number of halogens is 1. The number of unbranched alkanes of at least 4 members (excludes halogenated alkanes) is 2. The van der Waals surface area contributed by atoms with Crippen molar-refractivity contribution in [2.45, 2.75) is 37.5 Å². The largest absolute Gasteiger partial charge is 0.289 e. The Bertz CT molecular complexity index is 1130. The van der Waals surface area contributed by atoms with Crippen LogP contribution in [-0.2, 0) is 16.4 Å². The molecule has 3 aromatic rings. The molecule has 0 fully saturated rings. The molecule has 0 unspecified atom stereocenters. The molecule has 0 aromatic heterocycles. The van der Waals surface area contributed by atoms with Gasteiger partial charge >= 0.3 is 0 Å². The molecule has 0 aliphatic rings. The fourth-order valence-corrected chi connectivity index (χ4v) is 5.40. The molecule has 3 aromatic carbocycles. The van der Waals surface area contributed by atoms with Gasteiger partial charge in [-0.2, -0.15) is 4.31 Å². The van der Waals surface area contributed by atoms with Crippen LogP contribution in [0.25, 0.3) is 0 Å². The third-order valence-electron chi connectivity index (χ3n) is 5.34. The summed E-state index contributed by atoms with van der Waals surface area (Å²) < 4.78 is 28.8. The number of carbonyl (C=O) groups is 1. The van der Waals surface area contributed by atoms with E-state index in [4.69, 9.17) is 0 Å². The third kappa shape index (κ3) is 6.37. The highest BCUT2D eigenvalue weighted by molar-refractivity contribution is 9.10. The molecular weight excluding hydrogens is 486 g/mol.